The first kappa shape index (κ1) is 28.7. The Labute approximate surface area is 233 Å². The van der Waals surface area contributed by atoms with Gasteiger partial charge in [0.25, 0.3) is 0 Å². The van der Waals surface area contributed by atoms with E-state index in [1.807, 2.05) is 6.92 Å². The van der Waals surface area contributed by atoms with Crippen molar-refractivity contribution in [2.75, 3.05) is 6.61 Å². The summed E-state index contributed by atoms with van der Waals surface area (Å²) in [6.45, 7) is 3.61. The molecule has 0 spiro atoms. The van der Waals surface area contributed by atoms with Crippen molar-refractivity contribution >= 4 is 12.3 Å². The van der Waals surface area contributed by atoms with Gasteiger partial charge in [0.15, 0.2) is 6.29 Å². The number of carbonyl (C=O) groups excluding carboxylic acids is 2. The van der Waals surface area contributed by atoms with E-state index in [9.17, 15) is 40.2 Å². The van der Waals surface area contributed by atoms with Gasteiger partial charge in [0.05, 0.1) is 34.9 Å². The fraction of sp³-hybridized carbons (Fsp3) is 0.862. The van der Waals surface area contributed by atoms with Crippen LogP contribution < -0.4 is 0 Å². The molecule has 0 aromatic heterocycles. The van der Waals surface area contributed by atoms with Crippen LogP contribution >= 0.6 is 0 Å². The number of fused-ring (bicyclic) bond motifs is 5. The monoisotopic (exact) mass is 566 g/mol. The molecule has 224 valence electrons. The summed E-state index contributed by atoms with van der Waals surface area (Å²) in [6, 6.07) is 0. The molecule has 0 bridgehead atoms. The molecule has 2 aliphatic heterocycles. The van der Waals surface area contributed by atoms with E-state index < -0.39 is 76.8 Å². The Bertz CT molecular complexity index is 1080. The largest absolute Gasteiger partial charge is 0.458 e. The van der Waals surface area contributed by atoms with Gasteiger partial charge >= 0.3 is 5.97 Å². The van der Waals surface area contributed by atoms with Crippen molar-refractivity contribution in [1.29, 1.82) is 0 Å². The molecule has 6 rings (SSSR count). The molecule has 40 heavy (non-hydrogen) atoms. The van der Waals surface area contributed by atoms with E-state index in [1.54, 1.807) is 6.92 Å². The van der Waals surface area contributed by atoms with Gasteiger partial charge in [0.2, 0.25) is 0 Å². The van der Waals surface area contributed by atoms with E-state index in [4.69, 9.17) is 14.2 Å². The van der Waals surface area contributed by atoms with Crippen LogP contribution in [0.2, 0.25) is 0 Å². The normalized spacial score (nSPS) is 56.0. The van der Waals surface area contributed by atoms with Crippen molar-refractivity contribution in [1.82, 2.24) is 0 Å². The van der Waals surface area contributed by atoms with Crippen LogP contribution in [-0.2, 0) is 23.8 Å². The second-order valence-corrected chi connectivity index (χ2v) is 13.5. The van der Waals surface area contributed by atoms with E-state index in [2.05, 4.69) is 0 Å². The third-order valence-electron chi connectivity index (χ3n) is 12.1. The van der Waals surface area contributed by atoms with Crippen molar-refractivity contribution < 1.29 is 54.4 Å². The number of hydrogen-bond donors (Lipinski definition) is 6. The van der Waals surface area contributed by atoms with E-state index in [1.165, 1.54) is 6.08 Å². The van der Waals surface area contributed by atoms with Gasteiger partial charge in [0, 0.05) is 17.9 Å². The Morgan fingerprint density at radius 3 is 2.42 bits per heavy atom. The molecule has 6 aliphatic rings. The number of rotatable bonds is 4. The van der Waals surface area contributed by atoms with Gasteiger partial charge < -0.3 is 49.6 Å². The fourth-order valence-electron chi connectivity index (χ4n) is 9.74. The first-order valence-corrected chi connectivity index (χ1v) is 14.6. The van der Waals surface area contributed by atoms with Gasteiger partial charge in [-0.3, -0.25) is 0 Å². The maximum atomic E-state index is 13.0. The van der Waals surface area contributed by atoms with E-state index in [0.29, 0.717) is 25.7 Å². The maximum Gasteiger partial charge on any atom is 0.331 e. The lowest BCUT2D eigenvalue weighted by molar-refractivity contribution is -0.319. The molecule has 0 aromatic rings. The maximum absolute atomic E-state index is 13.0. The second kappa shape index (κ2) is 9.54. The van der Waals surface area contributed by atoms with E-state index in [-0.39, 0.29) is 44.1 Å². The van der Waals surface area contributed by atoms with Crippen molar-refractivity contribution in [2.24, 2.45) is 28.6 Å². The molecule has 11 nitrogen and oxygen atoms in total. The first-order valence-electron chi connectivity index (χ1n) is 14.6. The first-order chi connectivity index (χ1) is 18.8. The Kier molecular flexibility index (Phi) is 6.83. The molecule has 6 N–H and O–H groups in total. The summed E-state index contributed by atoms with van der Waals surface area (Å²) < 4.78 is 16.8. The van der Waals surface area contributed by atoms with Gasteiger partial charge in [-0.15, -0.1) is 0 Å². The predicted octanol–water partition coefficient (Wildman–Crippen LogP) is -0.279. The van der Waals surface area contributed by atoms with Crippen LogP contribution in [0.15, 0.2) is 11.6 Å². The van der Waals surface area contributed by atoms with E-state index in [0.717, 1.165) is 11.9 Å². The molecular formula is C29H42O11. The molecule has 5 fully saturated rings. The molecule has 11 heteroatoms. The zero-order valence-electron chi connectivity index (χ0n) is 23.0. The van der Waals surface area contributed by atoms with Gasteiger partial charge in [-0.25, -0.2) is 4.79 Å². The molecule has 0 radical (unpaired) electrons. The number of carbonyl (C=O) groups is 2. The van der Waals surface area contributed by atoms with Crippen LogP contribution in [-0.4, -0.2) is 104 Å². The van der Waals surface area contributed by atoms with Crippen molar-refractivity contribution in [3.63, 3.8) is 0 Å². The molecule has 2 heterocycles. The molecule has 4 aliphatic carbocycles. The van der Waals surface area contributed by atoms with Crippen LogP contribution in [0, 0.1) is 28.6 Å². The Balaban J connectivity index is 1.25. The third kappa shape index (κ3) is 3.71. The average molecular weight is 567 g/mol. The minimum atomic E-state index is -1.47. The fourth-order valence-corrected chi connectivity index (χ4v) is 9.74. The highest BCUT2D eigenvalue weighted by Gasteiger charge is 2.74. The zero-order chi connectivity index (χ0) is 28.8. The number of hydrogen-bond acceptors (Lipinski definition) is 11. The standard InChI is InChI=1S/C29H42O11/c1-14-22(33)23(34)24(35)25(39-14)40-16-3-6-27(13-30)19-10-20(31)26(2)17(15-9-21(32)38-12-15)5-8-29(26,37)18(19)4-7-28(27,36)11-16/h9,13-14,16-20,22-25,31,33-37H,3-8,10-12H2,1-2H3/t14-,16-,17+,18+,19-,20+,22-,23-,24-,25-,26-,27-,28-,29-/m0/s1. The minimum absolute atomic E-state index is 0.0926. The molecule has 1 saturated heterocycles. The van der Waals surface area contributed by atoms with Crippen molar-refractivity contribution in [2.45, 2.75) is 119 Å². The summed E-state index contributed by atoms with van der Waals surface area (Å²) in [5, 5.41) is 66.7. The second-order valence-electron chi connectivity index (χ2n) is 13.5. The molecule has 0 aromatic carbocycles. The van der Waals surface area contributed by atoms with Gasteiger partial charge in [0.1, 0.15) is 31.2 Å². The smallest absolute Gasteiger partial charge is 0.331 e. The molecule has 0 amide bonds. The highest BCUT2D eigenvalue weighted by Crippen LogP contribution is 2.70. The number of aldehydes is 1. The number of aliphatic hydroxyl groups excluding tert-OH is 4. The summed E-state index contributed by atoms with van der Waals surface area (Å²) >= 11 is 0. The molecular weight excluding hydrogens is 524 g/mol. The van der Waals surface area contributed by atoms with E-state index >= 15 is 0 Å². The van der Waals surface area contributed by atoms with Crippen LogP contribution in [0.3, 0.4) is 0 Å². The van der Waals surface area contributed by atoms with Gasteiger partial charge in [-0.05, 0) is 75.2 Å². The average Bonchev–Trinajstić information content (AvgIpc) is 3.46. The van der Waals surface area contributed by atoms with Crippen LogP contribution in [0.5, 0.6) is 0 Å². The summed E-state index contributed by atoms with van der Waals surface area (Å²) in [4.78, 5) is 24.8. The third-order valence-corrected chi connectivity index (χ3v) is 12.1. The molecule has 4 saturated carbocycles. The predicted molar refractivity (Wildman–Crippen MR) is 136 cm³/mol. The van der Waals surface area contributed by atoms with Gasteiger partial charge in [-0.1, -0.05) is 6.92 Å². The number of aliphatic hydroxyl groups is 6. The van der Waals surface area contributed by atoms with Gasteiger partial charge in [-0.2, -0.15) is 0 Å². The Morgan fingerprint density at radius 2 is 1.75 bits per heavy atom. The lowest BCUT2D eigenvalue weighted by Crippen LogP contribution is -2.71. The SMILES string of the molecule is C[C@@H]1O[C@@H](O[C@H]2CC[C@]3(C=O)[C@H]4C[C@@H](O)[C@]5(C)[C@@H](C6=CC(=O)OC6)CC[C@]5(O)[C@@H]4CC[C@]3(O)C2)[C@@H](O)[C@@H](O)[C@H]1O. The number of cyclic esters (lactones) is 1. The van der Waals surface area contributed by atoms with Crippen molar-refractivity contribution in [3.05, 3.63) is 11.6 Å². The highest BCUT2D eigenvalue weighted by molar-refractivity contribution is 5.85. The van der Waals surface area contributed by atoms with Crippen LogP contribution in [0.4, 0.5) is 0 Å². The molecule has 0 unspecified atom stereocenters. The topological polar surface area (TPSA) is 183 Å². The highest BCUT2D eigenvalue weighted by atomic mass is 16.7. The summed E-state index contributed by atoms with van der Waals surface area (Å²) in [6.07, 6.45) is -2.70. The summed E-state index contributed by atoms with van der Waals surface area (Å²) in [7, 11) is 0. The molecule has 14 atom stereocenters. The zero-order valence-corrected chi connectivity index (χ0v) is 23.0. The van der Waals surface area contributed by atoms with Crippen LogP contribution in [0.25, 0.3) is 0 Å². The van der Waals surface area contributed by atoms with Crippen LogP contribution in [0.1, 0.15) is 65.2 Å². The Morgan fingerprint density at radius 1 is 1.00 bits per heavy atom. The quantitative estimate of drug-likeness (QED) is 0.149. The lowest BCUT2D eigenvalue weighted by Gasteiger charge is -2.66. The minimum Gasteiger partial charge on any atom is -0.458 e. The van der Waals surface area contributed by atoms with Crippen molar-refractivity contribution in [3.8, 4) is 0 Å². The number of ether oxygens (including phenoxy) is 3. The summed E-state index contributed by atoms with van der Waals surface area (Å²) in [5.74, 6) is -1.42. The lowest BCUT2D eigenvalue weighted by atomic mass is 9.41. The Hall–Kier alpha value is -1.44. The number of esters is 1. The summed E-state index contributed by atoms with van der Waals surface area (Å²) in [5.41, 5.74) is -4.09.